The van der Waals surface area contributed by atoms with Crippen LogP contribution in [0, 0.1) is 25.7 Å². The standard InChI is InChI=1S/C16H16N2O3/c1-11-6-7-13(5-3-4-8-19)14(9-11)17-16(20)15-10-12(2)21-18-15/h6-7,9-10,19H,4,8H2,1-2H3,(H,17,20). The molecule has 2 aromatic rings. The van der Waals surface area contributed by atoms with E-state index < -0.39 is 0 Å². The number of carbonyl (C=O) groups excluding carboxylic acids is 1. The molecule has 1 aromatic carbocycles. The molecular formula is C16H16N2O3. The van der Waals surface area contributed by atoms with Gasteiger partial charge in [-0.1, -0.05) is 23.1 Å². The van der Waals surface area contributed by atoms with Crippen LogP contribution in [0.4, 0.5) is 5.69 Å². The van der Waals surface area contributed by atoms with E-state index in [1.54, 1.807) is 13.0 Å². The highest BCUT2D eigenvalue weighted by molar-refractivity contribution is 6.03. The lowest BCUT2D eigenvalue weighted by Crippen LogP contribution is -2.13. The first-order valence-electron chi connectivity index (χ1n) is 6.55. The van der Waals surface area contributed by atoms with E-state index in [4.69, 9.17) is 9.63 Å². The molecule has 0 radical (unpaired) electrons. The molecule has 1 heterocycles. The highest BCUT2D eigenvalue weighted by Crippen LogP contribution is 2.18. The van der Waals surface area contributed by atoms with E-state index in [-0.39, 0.29) is 18.2 Å². The van der Waals surface area contributed by atoms with Crippen LogP contribution in [0.2, 0.25) is 0 Å². The summed E-state index contributed by atoms with van der Waals surface area (Å²) in [6, 6.07) is 7.16. The molecule has 0 saturated carbocycles. The Morgan fingerprint density at radius 1 is 1.38 bits per heavy atom. The van der Waals surface area contributed by atoms with Crippen LogP contribution in [0.25, 0.3) is 0 Å². The van der Waals surface area contributed by atoms with E-state index in [1.807, 2.05) is 25.1 Å². The number of aliphatic hydroxyl groups excluding tert-OH is 1. The number of carbonyl (C=O) groups is 1. The number of aryl methyl sites for hydroxylation is 2. The number of hydrogen-bond donors (Lipinski definition) is 2. The summed E-state index contributed by atoms with van der Waals surface area (Å²) < 4.78 is 4.89. The Labute approximate surface area is 123 Å². The first-order valence-corrected chi connectivity index (χ1v) is 6.55. The van der Waals surface area contributed by atoms with Crippen molar-refractivity contribution in [3.05, 3.63) is 46.8 Å². The molecule has 2 rings (SSSR count). The van der Waals surface area contributed by atoms with Crippen molar-refractivity contribution >= 4 is 11.6 Å². The van der Waals surface area contributed by atoms with Crippen LogP contribution in [0.1, 0.15) is 33.8 Å². The third kappa shape index (κ3) is 3.94. The SMILES string of the molecule is Cc1ccc(C#CCCO)c(NC(=O)c2cc(C)on2)c1. The summed E-state index contributed by atoms with van der Waals surface area (Å²) in [7, 11) is 0. The number of rotatable bonds is 3. The fourth-order valence-electron chi connectivity index (χ4n) is 1.74. The van der Waals surface area contributed by atoms with E-state index >= 15 is 0 Å². The number of amides is 1. The van der Waals surface area contributed by atoms with Gasteiger partial charge in [0.1, 0.15) is 5.76 Å². The molecule has 1 aromatic heterocycles. The second-order valence-electron chi connectivity index (χ2n) is 4.60. The first-order chi connectivity index (χ1) is 10.1. The zero-order chi connectivity index (χ0) is 15.2. The first kappa shape index (κ1) is 14.8. The van der Waals surface area contributed by atoms with Crippen molar-refractivity contribution in [3.63, 3.8) is 0 Å². The Kier molecular flexibility index (Phi) is 4.75. The quantitative estimate of drug-likeness (QED) is 0.848. The summed E-state index contributed by atoms with van der Waals surface area (Å²) in [6.45, 7) is 3.67. The second-order valence-corrected chi connectivity index (χ2v) is 4.60. The lowest BCUT2D eigenvalue weighted by Gasteiger charge is -2.07. The van der Waals surface area contributed by atoms with Crippen LogP contribution in [0.3, 0.4) is 0 Å². The van der Waals surface area contributed by atoms with Crippen LogP contribution in [0.15, 0.2) is 28.8 Å². The maximum atomic E-state index is 12.1. The van der Waals surface area contributed by atoms with Crippen LogP contribution < -0.4 is 5.32 Å². The van der Waals surface area contributed by atoms with Crippen LogP contribution in [-0.2, 0) is 0 Å². The molecule has 1 amide bonds. The molecule has 5 heteroatoms. The predicted octanol–water partition coefficient (Wildman–Crippen LogP) is 2.28. The summed E-state index contributed by atoms with van der Waals surface area (Å²) >= 11 is 0. The predicted molar refractivity (Wildman–Crippen MR) is 79.0 cm³/mol. The summed E-state index contributed by atoms with van der Waals surface area (Å²) in [4.78, 5) is 12.1. The molecule has 2 N–H and O–H groups in total. The zero-order valence-electron chi connectivity index (χ0n) is 11.9. The lowest BCUT2D eigenvalue weighted by atomic mass is 10.1. The Bertz CT molecular complexity index is 708. The van der Waals surface area contributed by atoms with Gasteiger partial charge >= 0.3 is 0 Å². The molecular weight excluding hydrogens is 268 g/mol. The van der Waals surface area contributed by atoms with Crippen molar-refractivity contribution in [2.24, 2.45) is 0 Å². The molecule has 5 nitrogen and oxygen atoms in total. The van der Waals surface area contributed by atoms with Crippen LogP contribution in [0.5, 0.6) is 0 Å². The van der Waals surface area contributed by atoms with Gasteiger partial charge < -0.3 is 14.9 Å². The fraction of sp³-hybridized carbons (Fsp3) is 0.250. The van der Waals surface area contributed by atoms with Gasteiger partial charge in [-0.3, -0.25) is 4.79 Å². The van der Waals surface area contributed by atoms with Gasteiger partial charge in [-0.15, -0.1) is 0 Å². The average molecular weight is 284 g/mol. The minimum atomic E-state index is -0.345. The second kappa shape index (κ2) is 6.73. The number of aliphatic hydroxyl groups is 1. The largest absolute Gasteiger partial charge is 0.395 e. The highest BCUT2D eigenvalue weighted by atomic mass is 16.5. The molecule has 0 fully saturated rings. The molecule has 0 spiro atoms. The van der Waals surface area contributed by atoms with Gasteiger partial charge in [0.2, 0.25) is 0 Å². The van der Waals surface area contributed by atoms with Gasteiger partial charge in [0.25, 0.3) is 5.91 Å². The van der Waals surface area contributed by atoms with Gasteiger partial charge in [-0.25, -0.2) is 0 Å². The summed E-state index contributed by atoms with van der Waals surface area (Å²) in [5, 5.41) is 15.2. The number of nitrogens with one attached hydrogen (secondary N) is 1. The van der Waals surface area contributed by atoms with Gasteiger partial charge in [0.05, 0.1) is 12.3 Å². The minimum absolute atomic E-state index is 0.0127. The Balaban J connectivity index is 2.24. The Morgan fingerprint density at radius 3 is 2.86 bits per heavy atom. The minimum Gasteiger partial charge on any atom is -0.395 e. The van der Waals surface area contributed by atoms with Crippen molar-refractivity contribution < 1.29 is 14.4 Å². The lowest BCUT2D eigenvalue weighted by molar-refractivity contribution is 0.101. The monoisotopic (exact) mass is 284 g/mol. The molecule has 0 atom stereocenters. The molecule has 0 aliphatic heterocycles. The fourth-order valence-corrected chi connectivity index (χ4v) is 1.74. The van der Waals surface area contributed by atoms with E-state index in [9.17, 15) is 4.79 Å². The van der Waals surface area contributed by atoms with Crippen molar-refractivity contribution in [1.82, 2.24) is 5.16 Å². The van der Waals surface area contributed by atoms with Crippen molar-refractivity contribution in [2.75, 3.05) is 11.9 Å². The smallest absolute Gasteiger partial charge is 0.277 e. The van der Waals surface area contributed by atoms with Crippen LogP contribution >= 0.6 is 0 Å². The summed E-state index contributed by atoms with van der Waals surface area (Å²) in [6.07, 6.45) is 0.393. The summed E-state index contributed by atoms with van der Waals surface area (Å²) in [5.74, 6) is 6.01. The van der Waals surface area contributed by atoms with Crippen molar-refractivity contribution in [2.45, 2.75) is 20.3 Å². The molecule has 0 saturated heterocycles. The third-order valence-corrected chi connectivity index (χ3v) is 2.74. The number of benzene rings is 1. The topological polar surface area (TPSA) is 75.4 Å². The molecule has 0 unspecified atom stereocenters. The molecule has 0 aliphatic carbocycles. The molecule has 108 valence electrons. The molecule has 21 heavy (non-hydrogen) atoms. The Morgan fingerprint density at radius 2 is 2.19 bits per heavy atom. The summed E-state index contributed by atoms with van der Waals surface area (Å²) in [5.41, 5.74) is 2.55. The van der Waals surface area contributed by atoms with Gasteiger partial charge in [0, 0.05) is 18.1 Å². The maximum Gasteiger partial charge on any atom is 0.277 e. The normalized spacial score (nSPS) is 9.86. The number of hydrogen-bond acceptors (Lipinski definition) is 4. The number of anilines is 1. The van der Waals surface area contributed by atoms with E-state index in [2.05, 4.69) is 22.3 Å². The maximum absolute atomic E-state index is 12.1. The van der Waals surface area contributed by atoms with Gasteiger partial charge in [0.15, 0.2) is 5.69 Å². The third-order valence-electron chi connectivity index (χ3n) is 2.74. The van der Waals surface area contributed by atoms with Crippen LogP contribution in [-0.4, -0.2) is 22.8 Å². The van der Waals surface area contributed by atoms with E-state index in [1.165, 1.54) is 0 Å². The molecule has 0 aliphatic rings. The Hall–Kier alpha value is -2.58. The number of nitrogens with zero attached hydrogens (tertiary/aromatic N) is 1. The van der Waals surface area contributed by atoms with Gasteiger partial charge in [-0.05, 0) is 31.5 Å². The highest BCUT2D eigenvalue weighted by Gasteiger charge is 2.12. The average Bonchev–Trinajstić information content (AvgIpc) is 2.88. The zero-order valence-corrected chi connectivity index (χ0v) is 11.9. The van der Waals surface area contributed by atoms with Crippen molar-refractivity contribution in [1.29, 1.82) is 0 Å². The number of aromatic nitrogens is 1. The van der Waals surface area contributed by atoms with E-state index in [0.29, 0.717) is 23.4 Å². The van der Waals surface area contributed by atoms with E-state index in [0.717, 1.165) is 5.56 Å². The van der Waals surface area contributed by atoms with Gasteiger partial charge in [-0.2, -0.15) is 0 Å². The molecule has 0 bridgehead atoms. The van der Waals surface area contributed by atoms with Crippen molar-refractivity contribution in [3.8, 4) is 11.8 Å².